The summed E-state index contributed by atoms with van der Waals surface area (Å²) in [5.41, 5.74) is 2.28. The summed E-state index contributed by atoms with van der Waals surface area (Å²) in [4.78, 5) is 25.9. The lowest BCUT2D eigenvalue weighted by molar-refractivity contribution is -0.108. The quantitative estimate of drug-likeness (QED) is 0.658. The van der Waals surface area contributed by atoms with Gasteiger partial charge < -0.3 is 14.4 Å². The molecule has 1 unspecified atom stereocenters. The summed E-state index contributed by atoms with van der Waals surface area (Å²) in [6, 6.07) is 14.8. The van der Waals surface area contributed by atoms with E-state index in [0.717, 1.165) is 17.4 Å². The molecule has 1 aliphatic heterocycles. The summed E-state index contributed by atoms with van der Waals surface area (Å²) in [6.07, 6.45) is 2.86. The highest BCUT2D eigenvalue weighted by atomic mass is 16.5. The lowest BCUT2D eigenvalue weighted by Crippen LogP contribution is -2.31. The molecule has 0 aromatic heterocycles. The van der Waals surface area contributed by atoms with Crippen molar-refractivity contribution in [3.8, 4) is 5.75 Å². The predicted molar refractivity (Wildman–Crippen MR) is 106 cm³/mol. The molecule has 3 rings (SSSR count). The van der Waals surface area contributed by atoms with Gasteiger partial charge in [-0.25, -0.2) is 0 Å². The van der Waals surface area contributed by atoms with Crippen molar-refractivity contribution in [1.82, 2.24) is 4.90 Å². The highest BCUT2D eigenvalue weighted by Gasteiger charge is 2.23. The number of likely N-dealkylation sites (N-methyl/N-ethyl adjacent to an activating group) is 1. The highest BCUT2D eigenvalue weighted by molar-refractivity contribution is 5.97. The van der Waals surface area contributed by atoms with Crippen LogP contribution in [0.25, 0.3) is 0 Å². The number of hydrogen-bond donors (Lipinski definition) is 0. The maximum absolute atomic E-state index is 13.1. The summed E-state index contributed by atoms with van der Waals surface area (Å²) in [7, 11) is 3.26. The Kier molecular flexibility index (Phi) is 6.26. The van der Waals surface area contributed by atoms with Gasteiger partial charge in [-0.2, -0.15) is 5.11 Å². The summed E-state index contributed by atoms with van der Waals surface area (Å²) < 4.78 is 5.38. The molecule has 0 fully saturated rings. The second-order valence-corrected chi connectivity index (χ2v) is 6.57. The van der Waals surface area contributed by atoms with Crippen LogP contribution in [0, 0.1) is 0 Å². The van der Waals surface area contributed by atoms with E-state index in [9.17, 15) is 9.59 Å². The van der Waals surface area contributed by atoms with Crippen molar-refractivity contribution in [2.24, 2.45) is 15.4 Å². The molecule has 0 N–H and O–H groups in total. The molecule has 0 aliphatic carbocycles. The molecule has 1 heterocycles. The first-order valence-electron chi connectivity index (χ1n) is 8.99. The zero-order valence-electron chi connectivity index (χ0n) is 15.9. The van der Waals surface area contributed by atoms with E-state index >= 15 is 0 Å². The first-order valence-corrected chi connectivity index (χ1v) is 8.99. The Morgan fingerprint density at radius 3 is 2.68 bits per heavy atom. The van der Waals surface area contributed by atoms with Crippen molar-refractivity contribution in [3.63, 3.8) is 0 Å². The van der Waals surface area contributed by atoms with Crippen molar-refractivity contribution in [3.05, 3.63) is 65.2 Å². The van der Waals surface area contributed by atoms with Crippen molar-refractivity contribution in [1.29, 1.82) is 0 Å². The normalized spacial score (nSPS) is 16.0. The van der Waals surface area contributed by atoms with E-state index in [1.54, 1.807) is 30.3 Å². The van der Waals surface area contributed by atoms with Gasteiger partial charge in [0.1, 0.15) is 18.1 Å². The first-order chi connectivity index (χ1) is 13.6. The number of benzene rings is 2. The zero-order chi connectivity index (χ0) is 19.9. The lowest BCUT2D eigenvalue weighted by Gasteiger charge is -2.24. The van der Waals surface area contributed by atoms with Gasteiger partial charge in [0.05, 0.1) is 18.9 Å². The first kappa shape index (κ1) is 19.4. The van der Waals surface area contributed by atoms with Gasteiger partial charge in [-0.1, -0.05) is 36.4 Å². The van der Waals surface area contributed by atoms with E-state index < -0.39 is 0 Å². The molecule has 2 atom stereocenters. The van der Waals surface area contributed by atoms with Crippen LogP contribution in [0.4, 0.5) is 0 Å². The van der Waals surface area contributed by atoms with Crippen LogP contribution in [-0.2, 0) is 4.79 Å². The largest absolute Gasteiger partial charge is 0.496 e. The van der Waals surface area contributed by atoms with E-state index in [1.165, 1.54) is 7.11 Å². The Hall–Kier alpha value is -3.35. The van der Waals surface area contributed by atoms with E-state index in [1.807, 2.05) is 36.4 Å². The fraction of sp³-hybridized carbons (Fsp3) is 0.286. The summed E-state index contributed by atoms with van der Waals surface area (Å²) in [5.74, 6) is 0.231. The Balaban J connectivity index is 1.83. The molecular weight excluding hydrogens is 356 g/mol. The summed E-state index contributed by atoms with van der Waals surface area (Å²) >= 11 is 0. The summed E-state index contributed by atoms with van der Waals surface area (Å²) in [6.45, 7) is 0.416. The minimum absolute atomic E-state index is 0.0717. The van der Waals surface area contributed by atoms with Gasteiger partial charge in [-0.05, 0) is 28.5 Å². The molecule has 0 saturated heterocycles. The number of methoxy groups -OCH3 is 1. The van der Waals surface area contributed by atoms with E-state index in [2.05, 4.69) is 15.4 Å². The minimum atomic E-state index is -0.296. The van der Waals surface area contributed by atoms with Gasteiger partial charge >= 0.3 is 0 Å². The second-order valence-electron chi connectivity index (χ2n) is 6.57. The lowest BCUT2D eigenvalue weighted by atomic mass is 9.95. The Bertz CT molecular complexity index is 884. The Morgan fingerprint density at radius 1 is 1.25 bits per heavy atom. The van der Waals surface area contributed by atoms with E-state index in [4.69, 9.17) is 4.74 Å². The number of nitrogens with zero attached hydrogens (tertiary/aromatic N) is 4. The Morgan fingerprint density at radius 2 is 2.04 bits per heavy atom. The van der Waals surface area contributed by atoms with E-state index in [0.29, 0.717) is 24.3 Å². The highest BCUT2D eigenvalue weighted by Crippen LogP contribution is 2.28. The number of carbonyl (C=O) groups excluding carboxylic acids is 2. The van der Waals surface area contributed by atoms with Crippen LogP contribution in [0.15, 0.2) is 64.0 Å². The molecule has 144 valence electrons. The molecule has 2 aromatic rings. The monoisotopic (exact) mass is 378 g/mol. The molecule has 0 radical (unpaired) electrons. The fourth-order valence-electron chi connectivity index (χ4n) is 3.21. The van der Waals surface area contributed by atoms with Gasteiger partial charge in [0, 0.05) is 25.9 Å². The maximum Gasteiger partial charge on any atom is 0.257 e. The molecule has 0 bridgehead atoms. The maximum atomic E-state index is 13.1. The van der Waals surface area contributed by atoms with Crippen LogP contribution >= 0.6 is 0 Å². The van der Waals surface area contributed by atoms with Crippen LogP contribution in [0.5, 0.6) is 5.75 Å². The van der Waals surface area contributed by atoms with Gasteiger partial charge in [-0.3, -0.25) is 4.79 Å². The molecule has 2 aromatic carbocycles. The van der Waals surface area contributed by atoms with Crippen LogP contribution in [0.1, 0.15) is 39.9 Å². The van der Waals surface area contributed by atoms with Crippen molar-refractivity contribution in [2.45, 2.75) is 18.4 Å². The fourth-order valence-corrected chi connectivity index (χ4v) is 3.21. The molecule has 7 heteroatoms. The molecule has 0 saturated carbocycles. The van der Waals surface area contributed by atoms with Crippen LogP contribution in [-0.4, -0.2) is 44.0 Å². The molecule has 1 amide bonds. The van der Waals surface area contributed by atoms with Crippen molar-refractivity contribution >= 4 is 18.4 Å². The van der Waals surface area contributed by atoms with Gasteiger partial charge in [0.25, 0.3) is 5.91 Å². The number of carbonyl (C=O) groups is 2. The molecule has 7 nitrogen and oxygen atoms in total. The molecule has 28 heavy (non-hydrogen) atoms. The van der Waals surface area contributed by atoms with Gasteiger partial charge in [-0.15, -0.1) is 5.10 Å². The standard InChI is InChI=1S/C21H22N4O3/c1-25(14-17(10-11-26)15-6-4-3-5-7-15)21(27)18-12-16(8-9-20(18)28-2)19-13-22-24-23-19/h3-9,11-13,17,19H,10,14H2,1-2H3/t17?,19-/m1/s1. The summed E-state index contributed by atoms with van der Waals surface area (Å²) in [5, 5.41) is 11.4. The van der Waals surface area contributed by atoms with Crippen LogP contribution in [0.2, 0.25) is 0 Å². The number of hydrogen-bond acceptors (Lipinski definition) is 6. The Labute approximate surface area is 163 Å². The average molecular weight is 378 g/mol. The second kappa shape index (κ2) is 9.03. The predicted octanol–water partition coefficient (Wildman–Crippen LogP) is 3.63. The SMILES string of the molecule is COc1ccc([C@H]2C=NN=N2)cc1C(=O)N(C)CC(CC=O)c1ccccc1. The smallest absolute Gasteiger partial charge is 0.257 e. The van der Waals surface area contributed by atoms with Crippen LogP contribution < -0.4 is 4.74 Å². The van der Waals surface area contributed by atoms with Crippen molar-refractivity contribution < 1.29 is 14.3 Å². The minimum Gasteiger partial charge on any atom is -0.496 e. The number of amides is 1. The third kappa shape index (κ3) is 4.31. The third-order valence-electron chi connectivity index (χ3n) is 4.72. The zero-order valence-corrected chi connectivity index (χ0v) is 15.9. The topological polar surface area (TPSA) is 83.7 Å². The number of rotatable bonds is 8. The molecular formula is C21H22N4O3. The molecule has 0 spiro atoms. The average Bonchev–Trinajstić information content (AvgIpc) is 3.28. The molecule has 1 aliphatic rings. The third-order valence-corrected chi connectivity index (χ3v) is 4.72. The van der Waals surface area contributed by atoms with E-state index in [-0.39, 0.29) is 17.9 Å². The van der Waals surface area contributed by atoms with Crippen LogP contribution in [0.3, 0.4) is 0 Å². The van der Waals surface area contributed by atoms with Crippen molar-refractivity contribution in [2.75, 3.05) is 20.7 Å². The van der Waals surface area contributed by atoms with Gasteiger partial charge in [0.15, 0.2) is 0 Å². The van der Waals surface area contributed by atoms with Gasteiger partial charge in [0.2, 0.25) is 0 Å². The number of aldehydes is 1. The number of ether oxygens (including phenoxy) is 1.